The average molecular weight is 364 g/mol. The molecule has 1 aromatic rings. The van der Waals surface area contributed by atoms with Crippen LogP contribution in [0.15, 0.2) is 23.1 Å². The molecule has 2 aliphatic rings. The van der Waals surface area contributed by atoms with Crippen LogP contribution in [0.1, 0.15) is 49.7 Å². The fourth-order valence-corrected chi connectivity index (χ4v) is 5.24. The van der Waals surface area contributed by atoms with E-state index in [-0.39, 0.29) is 29.7 Å². The predicted molar refractivity (Wildman–Crippen MR) is 93.4 cm³/mol. The lowest BCUT2D eigenvalue weighted by Gasteiger charge is -2.25. The van der Waals surface area contributed by atoms with Crippen molar-refractivity contribution < 1.29 is 18.0 Å². The van der Waals surface area contributed by atoms with E-state index in [0.29, 0.717) is 0 Å². The van der Waals surface area contributed by atoms with E-state index in [1.165, 1.54) is 6.07 Å². The Balaban J connectivity index is 1.87. The topological polar surface area (TPSA) is 83.6 Å². The standard InChI is InChI=1S/C18H24N2O4S/c1-12-7-8-15(11-13(12)2)25(23,24)20-16(9-10-17(20)21)18(22)19-14-5-3-4-6-14/h7-8,11,14,16H,3-6,9-10H2,1-2H3,(H,19,22)/t16-/m0/s1. The monoisotopic (exact) mass is 364 g/mol. The molecule has 2 fully saturated rings. The summed E-state index contributed by atoms with van der Waals surface area (Å²) in [4.78, 5) is 24.9. The van der Waals surface area contributed by atoms with Gasteiger partial charge in [-0.15, -0.1) is 0 Å². The molecule has 2 amide bonds. The second-order valence-corrected chi connectivity index (χ2v) is 8.80. The number of benzene rings is 1. The lowest BCUT2D eigenvalue weighted by Crippen LogP contribution is -2.49. The highest BCUT2D eigenvalue weighted by Gasteiger charge is 2.44. The molecule has 0 aromatic heterocycles. The van der Waals surface area contributed by atoms with Gasteiger partial charge in [-0.1, -0.05) is 18.9 Å². The molecule has 7 heteroatoms. The molecule has 1 heterocycles. The van der Waals surface area contributed by atoms with Gasteiger partial charge in [-0.25, -0.2) is 12.7 Å². The molecule has 1 atom stereocenters. The van der Waals surface area contributed by atoms with Crippen LogP contribution in [0.4, 0.5) is 0 Å². The minimum Gasteiger partial charge on any atom is -0.352 e. The number of carbonyl (C=O) groups excluding carboxylic acids is 2. The molecule has 6 nitrogen and oxygen atoms in total. The summed E-state index contributed by atoms with van der Waals surface area (Å²) in [6, 6.07) is 3.92. The fraction of sp³-hybridized carbons (Fsp3) is 0.556. The van der Waals surface area contributed by atoms with E-state index < -0.39 is 22.0 Å². The number of nitrogens with zero attached hydrogens (tertiary/aromatic N) is 1. The van der Waals surface area contributed by atoms with Gasteiger partial charge in [0.2, 0.25) is 11.8 Å². The van der Waals surface area contributed by atoms with Gasteiger partial charge in [-0.3, -0.25) is 9.59 Å². The molecular weight excluding hydrogens is 340 g/mol. The van der Waals surface area contributed by atoms with Crippen molar-refractivity contribution in [3.63, 3.8) is 0 Å². The summed E-state index contributed by atoms with van der Waals surface area (Å²) in [6.07, 6.45) is 4.28. The Bertz CT molecular complexity index is 797. The van der Waals surface area contributed by atoms with Crippen LogP contribution in [0, 0.1) is 13.8 Å². The van der Waals surface area contributed by atoms with Crippen LogP contribution in [0.25, 0.3) is 0 Å². The molecule has 0 unspecified atom stereocenters. The lowest BCUT2D eigenvalue weighted by atomic mass is 10.1. The molecule has 25 heavy (non-hydrogen) atoms. The summed E-state index contributed by atoms with van der Waals surface area (Å²) >= 11 is 0. The van der Waals surface area contributed by atoms with Crippen LogP contribution in [0.3, 0.4) is 0 Å². The van der Waals surface area contributed by atoms with Gasteiger partial charge in [0, 0.05) is 12.5 Å². The normalized spacial score (nSPS) is 21.8. The maximum Gasteiger partial charge on any atom is 0.267 e. The molecule has 1 aliphatic carbocycles. The number of nitrogens with one attached hydrogen (secondary N) is 1. The summed E-state index contributed by atoms with van der Waals surface area (Å²) in [7, 11) is -4.03. The molecule has 1 N–H and O–H groups in total. The summed E-state index contributed by atoms with van der Waals surface area (Å²) in [5, 5.41) is 2.92. The average Bonchev–Trinajstić information content (AvgIpc) is 3.19. The van der Waals surface area contributed by atoms with Gasteiger partial charge < -0.3 is 5.32 Å². The zero-order valence-corrected chi connectivity index (χ0v) is 15.4. The molecule has 0 bridgehead atoms. The van der Waals surface area contributed by atoms with E-state index in [1.54, 1.807) is 12.1 Å². The molecule has 136 valence electrons. The van der Waals surface area contributed by atoms with Crippen molar-refractivity contribution in [1.29, 1.82) is 0 Å². The highest BCUT2D eigenvalue weighted by atomic mass is 32.2. The van der Waals surface area contributed by atoms with Crippen LogP contribution in [0.2, 0.25) is 0 Å². The summed E-state index contributed by atoms with van der Waals surface area (Å²) in [5.41, 5.74) is 1.81. The van der Waals surface area contributed by atoms with Crippen molar-refractivity contribution in [1.82, 2.24) is 9.62 Å². The maximum atomic E-state index is 13.0. The van der Waals surface area contributed by atoms with Gasteiger partial charge in [0.15, 0.2) is 0 Å². The third-order valence-corrected chi connectivity index (χ3v) is 7.03. The minimum absolute atomic E-state index is 0.0597. The first kappa shape index (κ1) is 17.9. The molecule has 1 aromatic carbocycles. The van der Waals surface area contributed by atoms with Gasteiger partial charge in [-0.05, 0) is 56.4 Å². The Morgan fingerprint density at radius 2 is 1.80 bits per heavy atom. The van der Waals surface area contributed by atoms with Gasteiger partial charge in [-0.2, -0.15) is 0 Å². The molecule has 3 rings (SSSR count). The third kappa shape index (κ3) is 3.42. The number of sulfonamides is 1. The Labute approximate surface area is 148 Å². The number of rotatable bonds is 4. The first-order valence-electron chi connectivity index (χ1n) is 8.75. The Morgan fingerprint density at radius 1 is 1.12 bits per heavy atom. The van der Waals surface area contributed by atoms with E-state index >= 15 is 0 Å². The zero-order valence-electron chi connectivity index (χ0n) is 14.6. The number of hydrogen-bond acceptors (Lipinski definition) is 4. The van der Waals surface area contributed by atoms with Crippen molar-refractivity contribution >= 4 is 21.8 Å². The van der Waals surface area contributed by atoms with Gasteiger partial charge in [0.1, 0.15) is 6.04 Å². The van der Waals surface area contributed by atoms with E-state index in [4.69, 9.17) is 0 Å². The minimum atomic E-state index is -4.03. The Morgan fingerprint density at radius 3 is 2.44 bits per heavy atom. The van der Waals surface area contributed by atoms with Crippen LogP contribution in [-0.2, 0) is 19.6 Å². The van der Waals surface area contributed by atoms with Crippen molar-refractivity contribution in [2.24, 2.45) is 0 Å². The number of amides is 2. The Kier molecular flexibility index (Phi) is 4.86. The van der Waals surface area contributed by atoms with Crippen molar-refractivity contribution in [3.05, 3.63) is 29.3 Å². The van der Waals surface area contributed by atoms with Crippen LogP contribution in [-0.4, -0.2) is 36.6 Å². The predicted octanol–water partition coefficient (Wildman–Crippen LogP) is 2.04. The summed E-state index contributed by atoms with van der Waals surface area (Å²) < 4.78 is 26.8. The highest BCUT2D eigenvalue weighted by Crippen LogP contribution is 2.29. The van der Waals surface area contributed by atoms with Crippen molar-refractivity contribution in [3.8, 4) is 0 Å². The number of hydrogen-bond donors (Lipinski definition) is 1. The van der Waals surface area contributed by atoms with Crippen molar-refractivity contribution in [2.75, 3.05) is 0 Å². The lowest BCUT2D eigenvalue weighted by molar-refractivity contribution is -0.131. The molecule has 1 saturated heterocycles. The second kappa shape index (κ2) is 6.78. The molecule has 0 spiro atoms. The number of carbonyl (C=O) groups is 2. The SMILES string of the molecule is Cc1ccc(S(=O)(=O)N2C(=O)CC[C@H]2C(=O)NC2CCCC2)cc1C. The zero-order chi connectivity index (χ0) is 18.2. The first-order chi connectivity index (χ1) is 11.8. The summed E-state index contributed by atoms with van der Waals surface area (Å²) in [6.45, 7) is 3.72. The van der Waals surface area contributed by atoms with Crippen LogP contribution < -0.4 is 5.32 Å². The second-order valence-electron chi connectivity index (χ2n) is 6.99. The van der Waals surface area contributed by atoms with E-state index in [1.807, 2.05) is 13.8 Å². The molecule has 1 aliphatic heterocycles. The number of aryl methyl sites for hydroxylation is 2. The van der Waals surface area contributed by atoms with E-state index in [9.17, 15) is 18.0 Å². The smallest absolute Gasteiger partial charge is 0.267 e. The van der Waals surface area contributed by atoms with E-state index in [0.717, 1.165) is 41.1 Å². The Hall–Kier alpha value is -1.89. The van der Waals surface area contributed by atoms with Gasteiger partial charge in [0.05, 0.1) is 4.90 Å². The van der Waals surface area contributed by atoms with Gasteiger partial charge >= 0.3 is 0 Å². The fourth-order valence-electron chi connectivity index (χ4n) is 3.56. The third-order valence-electron chi connectivity index (χ3n) is 5.20. The van der Waals surface area contributed by atoms with Gasteiger partial charge in [0.25, 0.3) is 10.0 Å². The van der Waals surface area contributed by atoms with Crippen LogP contribution >= 0.6 is 0 Å². The molecule has 1 saturated carbocycles. The highest BCUT2D eigenvalue weighted by molar-refractivity contribution is 7.89. The molecule has 0 radical (unpaired) electrons. The van der Waals surface area contributed by atoms with E-state index in [2.05, 4.69) is 5.32 Å². The first-order valence-corrected chi connectivity index (χ1v) is 10.2. The largest absolute Gasteiger partial charge is 0.352 e. The summed E-state index contributed by atoms with van der Waals surface area (Å²) in [5.74, 6) is -0.866. The van der Waals surface area contributed by atoms with Crippen molar-refractivity contribution in [2.45, 2.75) is 69.4 Å². The quantitative estimate of drug-likeness (QED) is 0.886. The molecular formula is C18H24N2O4S. The maximum absolute atomic E-state index is 13.0. The van der Waals surface area contributed by atoms with Crippen LogP contribution in [0.5, 0.6) is 0 Å².